The van der Waals surface area contributed by atoms with E-state index in [0.717, 1.165) is 0 Å². The van der Waals surface area contributed by atoms with Gasteiger partial charge in [-0.3, -0.25) is 10.1 Å². The topological polar surface area (TPSA) is 106 Å². The van der Waals surface area contributed by atoms with Gasteiger partial charge in [0.1, 0.15) is 17.1 Å². The van der Waals surface area contributed by atoms with E-state index in [1.807, 2.05) is 0 Å². The van der Waals surface area contributed by atoms with Crippen molar-refractivity contribution >= 4 is 11.9 Å². The molecule has 0 bridgehead atoms. The Morgan fingerprint density at radius 1 is 1.27 bits per heavy atom. The summed E-state index contributed by atoms with van der Waals surface area (Å²) < 4.78 is 46.5. The van der Waals surface area contributed by atoms with Gasteiger partial charge in [-0.05, 0) is 38.7 Å². The number of aromatic hydroxyl groups is 1. The molecule has 0 saturated heterocycles. The van der Waals surface area contributed by atoms with Crippen molar-refractivity contribution in [3.8, 4) is 5.75 Å². The highest BCUT2D eigenvalue weighted by Gasteiger charge is 2.26. The van der Waals surface area contributed by atoms with E-state index in [0.29, 0.717) is 18.4 Å². The SMILES string of the molecule is COC(=O)N/C=C/CCC(C)c1cc(O)c(C(=O)/C(C)=C/C=C(\C)CCC(F)(F)F)c(=O)o1. The molecule has 0 aromatic carbocycles. The van der Waals surface area contributed by atoms with Gasteiger partial charge in [0.15, 0.2) is 5.78 Å². The van der Waals surface area contributed by atoms with Crippen LogP contribution in [-0.4, -0.2) is 30.3 Å². The zero-order chi connectivity index (χ0) is 25.2. The molecule has 1 amide bonds. The summed E-state index contributed by atoms with van der Waals surface area (Å²) in [6.45, 7) is 4.66. The summed E-state index contributed by atoms with van der Waals surface area (Å²) in [4.78, 5) is 35.9. The van der Waals surface area contributed by atoms with E-state index in [9.17, 15) is 32.7 Å². The number of carbonyl (C=O) groups is 2. The lowest BCUT2D eigenvalue weighted by Gasteiger charge is -2.11. The van der Waals surface area contributed by atoms with Crippen molar-refractivity contribution < 1.29 is 37.0 Å². The van der Waals surface area contributed by atoms with Crippen LogP contribution in [0, 0.1) is 0 Å². The number of amides is 1. The van der Waals surface area contributed by atoms with E-state index >= 15 is 0 Å². The summed E-state index contributed by atoms with van der Waals surface area (Å²) in [5.41, 5.74) is -1.07. The Hall–Kier alpha value is -3.30. The minimum absolute atomic E-state index is 0.0630. The number of allylic oxidation sites excluding steroid dienone is 5. The van der Waals surface area contributed by atoms with Crippen molar-refractivity contribution in [1.29, 1.82) is 0 Å². The third kappa shape index (κ3) is 9.80. The van der Waals surface area contributed by atoms with Gasteiger partial charge in [0.05, 0.1) is 7.11 Å². The second kappa shape index (κ2) is 12.7. The number of hydrogen-bond donors (Lipinski definition) is 2. The van der Waals surface area contributed by atoms with Gasteiger partial charge in [-0.15, -0.1) is 0 Å². The molecule has 7 nitrogen and oxygen atoms in total. The predicted molar refractivity (Wildman–Crippen MR) is 116 cm³/mol. The van der Waals surface area contributed by atoms with E-state index in [1.54, 1.807) is 13.0 Å². The minimum atomic E-state index is -4.27. The Morgan fingerprint density at radius 3 is 2.52 bits per heavy atom. The number of hydrogen-bond acceptors (Lipinski definition) is 6. The first kappa shape index (κ1) is 27.7. The molecular formula is C23H28F3NO6. The van der Waals surface area contributed by atoms with E-state index in [-0.39, 0.29) is 23.7 Å². The van der Waals surface area contributed by atoms with Crippen molar-refractivity contribution in [3.05, 3.63) is 63.4 Å². The molecule has 10 heteroatoms. The Balaban J connectivity index is 2.88. The van der Waals surface area contributed by atoms with Crippen LogP contribution in [-0.2, 0) is 4.74 Å². The van der Waals surface area contributed by atoms with E-state index in [4.69, 9.17) is 4.42 Å². The number of halogens is 3. The minimum Gasteiger partial charge on any atom is -0.507 e. The highest BCUT2D eigenvalue weighted by Crippen LogP contribution is 2.26. The maximum Gasteiger partial charge on any atom is 0.410 e. The standard InChI is InChI=1S/C23H28F3NO6/c1-14(10-11-23(24,25)26)8-9-16(3)20(29)19-17(28)13-18(33-21(19)30)15(2)7-5-6-12-27-22(31)32-4/h6,8-9,12-13,15,28H,5,7,10-11H2,1-4H3,(H,27,31)/b12-6+,14-8+,16-9+. The highest BCUT2D eigenvalue weighted by atomic mass is 19.4. The molecule has 1 aromatic heterocycles. The first-order valence-electron chi connectivity index (χ1n) is 10.2. The quantitative estimate of drug-likeness (QED) is 0.265. The van der Waals surface area contributed by atoms with Gasteiger partial charge >= 0.3 is 17.9 Å². The molecule has 33 heavy (non-hydrogen) atoms. The molecule has 1 atom stereocenters. The van der Waals surface area contributed by atoms with Crippen LogP contribution in [0.2, 0.25) is 0 Å². The fourth-order valence-corrected chi connectivity index (χ4v) is 2.67. The summed E-state index contributed by atoms with van der Waals surface area (Å²) in [7, 11) is 1.24. The highest BCUT2D eigenvalue weighted by molar-refractivity contribution is 6.09. The van der Waals surface area contributed by atoms with Crippen molar-refractivity contribution in [2.75, 3.05) is 7.11 Å². The Kier molecular flexibility index (Phi) is 10.6. The van der Waals surface area contributed by atoms with Crippen LogP contribution in [0.4, 0.5) is 18.0 Å². The second-order valence-corrected chi connectivity index (χ2v) is 7.52. The molecule has 1 rings (SSSR count). The molecule has 1 heterocycles. The average Bonchev–Trinajstić information content (AvgIpc) is 2.74. The Bertz CT molecular complexity index is 989. The van der Waals surface area contributed by atoms with E-state index < -0.39 is 41.4 Å². The maximum absolute atomic E-state index is 12.6. The molecule has 0 aliphatic carbocycles. The molecule has 0 spiro atoms. The third-order valence-corrected chi connectivity index (χ3v) is 4.71. The lowest BCUT2D eigenvalue weighted by molar-refractivity contribution is -0.133. The Morgan fingerprint density at radius 2 is 1.94 bits per heavy atom. The summed E-state index contributed by atoms with van der Waals surface area (Å²) >= 11 is 0. The smallest absolute Gasteiger partial charge is 0.410 e. The lowest BCUT2D eigenvalue weighted by Crippen LogP contribution is -2.17. The number of methoxy groups -OCH3 is 1. The van der Waals surface area contributed by atoms with Gasteiger partial charge in [0.2, 0.25) is 0 Å². The zero-order valence-electron chi connectivity index (χ0n) is 18.9. The molecule has 1 unspecified atom stereocenters. The summed E-state index contributed by atoms with van der Waals surface area (Å²) in [5, 5.41) is 12.6. The van der Waals surface area contributed by atoms with Crippen molar-refractivity contribution in [3.63, 3.8) is 0 Å². The molecule has 0 saturated carbocycles. The van der Waals surface area contributed by atoms with E-state index in [2.05, 4.69) is 10.1 Å². The summed E-state index contributed by atoms with van der Waals surface area (Å²) in [6, 6.07) is 1.20. The van der Waals surface area contributed by atoms with Crippen molar-refractivity contribution in [1.82, 2.24) is 5.32 Å². The van der Waals surface area contributed by atoms with Crippen LogP contribution in [0.25, 0.3) is 0 Å². The molecule has 2 N–H and O–H groups in total. The zero-order valence-corrected chi connectivity index (χ0v) is 18.9. The van der Waals surface area contributed by atoms with Gasteiger partial charge in [0.25, 0.3) is 0 Å². The molecule has 0 fully saturated rings. The molecule has 0 aliphatic rings. The van der Waals surface area contributed by atoms with Crippen molar-refractivity contribution in [2.24, 2.45) is 0 Å². The maximum atomic E-state index is 12.6. The van der Waals surface area contributed by atoms with Crippen LogP contribution >= 0.6 is 0 Å². The lowest BCUT2D eigenvalue weighted by atomic mass is 9.99. The number of carbonyl (C=O) groups excluding carboxylic acids is 2. The molecule has 0 radical (unpaired) electrons. The van der Waals surface area contributed by atoms with Gasteiger partial charge < -0.3 is 14.3 Å². The van der Waals surface area contributed by atoms with Crippen LogP contribution < -0.4 is 10.9 Å². The number of ether oxygens (including phenoxy) is 1. The molecular weight excluding hydrogens is 443 g/mol. The number of ketones is 1. The first-order chi connectivity index (χ1) is 15.4. The van der Waals surface area contributed by atoms with Gasteiger partial charge in [-0.25, -0.2) is 9.59 Å². The fraction of sp³-hybridized carbons (Fsp3) is 0.435. The monoisotopic (exact) mass is 471 g/mol. The van der Waals surface area contributed by atoms with Gasteiger partial charge in [-0.1, -0.05) is 30.7 Å². The van der Waals surface area contributed by atoms with Crippen molar-refractivity contribution in [2.45, 2.75) is 58.5 Å². The molecule has 182 valence electrons. The van der Waals surface area contributed by atoms with Crippen LogP contribution in [0.3, 0.4) is 0 Å². The third-order valence-electron chi connectivity index (χ3n) is 4.71. The Labute approximate surface area is 189 Å². The average molecular weight is 471 g/mol. The fourth-order valence-electron chi connectivity index (χ4n) is 2.67. The number of rotatable bonds is 10. The number of alkyl halides is 3. The first-order valence-corrected chi connectivity index (χ1v) is 10.2. The van der Waals surface area contributed by atoms with Crippen LogP contribution in [0.5, 0.6) is 5.75 Å². The predicted octanol–water partition coefficient (Wildman–Crippen LogP) is 5.52. The van der Waals surface area contributed by atoms with E-state index in [1.165, 1.54) is 45.4 Å². The second-order valence-electron chi connectivity index (χ2n) is 7.52. The van der Waals surface area contributed by atoms with Crippen LogP contribution in [0.1, 0.15) is 68.5 Å². The van der Waals surface area contributed by atoms with Gasteiger partial charge in [-0.2, -0.15) is 13.2 Å². The van der Waals surface area contributed by atoms with Gasteiger partial charge in [0, 0.05) is 24.6 Å². The number of nitrogens with one attached hydrogen (secondary N) is 1. The van der Waals surface area contributed by atoms with Crippen LogP contribution in [0.15, 0.2) is 50.9 Å². The number of Topliss-reactive ketones (excluding diaryl/α,β-unsaturated/α-hetero) is 1. The normalized spacial score (nSPS) is 13.8. The summed E-state index contributed by atoms with van der Waals surface area (Å²) in [5.74, 6) is -1.40. The molecule has 1 aromatic rings. The summed E-state index contributed by atoms with van der Waals surface area (Å²) in [6.07, 6.45) is 0.760. The molecule has 0 aliphatic heterocycles. The number of alkyl carbamates (subject to hydrolysis) is 1. The largest absolute Gasteiger partial charge is 0.507 e.